The van der Waals surface area contributed by atoms with E-state index in [9.17, 15) is 19.6 Å². The molecule has 112 valence electrons. The summed E-state index contributed by atoms with van der Waals surface area (Å²) >= 11 is 0. The topological polar surface area (TPSA) is 105 Å². The van der Waals surface area contributed by atoms with Crippen LogP contribution >= 0.6 is 0 Å². The molecule has 0 saturated heterocycles. The molecule has 2 atom stereocenters. The van der Waals surface area contributed by atoms with E-state index in [1.165, 1.54) is 6.92 Å². The zero-order valence-corrected chi connectivity index (χ0v) is 11.6. The quantitative estimate of drug-likeness (QED) is 0.499. The number of nitrogens with zero attached hydrogens (tertiary/aromatic N) is 1. The molecule has 0 fully saturated rings. The Morgan fingerprint density at radius 3 is 2.35 bits per heavy atom. The van der Waals surface area contributed by atoms with Gasteiger partial charge in [-0.1, -0.05) is 0 Å². The van der Waals surface area contributed by atoms with Gasteiger partial charge in [0.15, 0.2) is 6.10 Å². The third kappa shape index (κ3) is 3.46. The monoisotopic (exact) mass is 287 g/mol. The summed E-state index contributed by atoms with van der Waals surface area (Å²) in [5, 5.41) is 11.6. The molecule has 1 aliphatic heterocycles. The zero-order valence-electron chi connectivity index (χ0n) is 11.6. The smallest absolute Gasteiger partial charge is 0.405 e. The fraction of sp³-hybridized carbons (Fsp3) is 0.667. The number of carbonyl (C=O) groups is 3. The summed E-state index contributed by atoms with van der Waals surface area (Å²) in [6.07, 6.45) is -1.49. The summed E-state index contributed by atoms with van der Waals surface area (Å²) in [4.78, 5) is 39.4. The van der Waals surface area contributed by atoms with Gasteiger partial charge in [0.25, 0.3) is 0 Å². The predicted octanol–water partition coefficient (Wildman–Crippen LogP) is -0.0270. The average Bonchev–Trinajstić information content (AvgIpc) is 2.66. The van der Waals surface area contributed by atoms with Gasteiger partial charge in [0.05, 0.1) is 24.0 Å². The van der Waals surface area contributed by atoms with Gasteiger partial charge in [-0.3, -0.25) is 10.0 Å². The lowest BCUT2D eigenvalue weighted by Gasteiger charge is -2.15. The van der Waals surface area contributed by atoms with Crippen LogP contribution in [0.4, 0.5) is 0 Å². The fourth-order valence-corrected chi connectivity index (χ4v) is 1.89. The molecule has 8 heteroatoms. The van der Waals surface area contributed by atoms with Crippen molar-refractivity contribution < 1.29 is 33.6 Å². The van der Waals surface area contributed by atoms with E-state index < -0.39 is 24.0 Å². The number of carbonyl (C=O) groups excluding carboxylic acids is 3. The molecule has 8 nitrogen and oxygen atoms in total. The van der Waals surface area contributed by atoms with Crippen LogP contribution in [-0.2, 0) is 28.7 Å². The van der Waals surface area contributed by atoms with E-state index in [4.69, 9.17) is 14.3 Å². The van der Waals surface area contributed by atoms with Crippen LogP contribution in [0.3, 0.4) is 0 Å². The number of rotatable bonds is 6. The standard InChI is InChI=1S/C12H17NO7/c1-4-18-11(15)9-8(6-7(3)14)10(20-13(9)17)12(16)19-5-2/h8,10H,4-6H2,1-3H3/t8-,10-/m0/s1. The first-order valence-electron chi connectivity index (χ1n) is 6.26. The Balaban J connectivity index is 3.01. The molecular formula is C12H17NO7. The van der Waals surface area contributed by atoms with Crippen molar-refractivity contribution in [2.24, 2.45) is 5.92 Å². The normalized spacial score (nSPS) is 21.4. The molecule has 0 unspecified atom stereocenters. The van der Waals surface area contributed by atoms with Crippen LogP contribution in [0.5, 0.6) is 0 Å². The molecule has 0 radical (unpaired) electrons. The maximum atomic E-state index is 11.7. The maximum absolute atomic E-state index is 11.7. The van der Waals surface area contributed by atoms with Crippen molar-refractivity contribution in [3.63, 3.8) is 0 Å². The Morgan fingerprint density at radius 1 is 1.25 bits per heavy atom. The van der Waals surface area contributed by atoms with Crippen molar-refractivity contribution in [1.82, 2.24) is 0 Å². The molecule has 0 amide bonds. The molecular weight excluding hydrogens is 270 g/mol. The summed E-state index contributed by atoms with van der Waals surface area (Å²) < 4.78 is 9.50. The number of hydrogen-bond donors (Lipinski definition) is 0. The van der Waals surface area contributed by atoms with Gasteiger partial charge in [-0.2, -0.15) is 0 Å². The summed E-state index contributed by atoms with van der Waals surface area (Å²) in [6.45, 7) is 4.62. The minimum absolute atomic E-state index is 0.0623. The molecule has 1 heterocycles. The van der Waals surface area contributed by atoms with Crippen LogP contribution in [0.25, 0.3) is 0 Å². The van der Waals surface area contributed by atoms with Crippen molar-refractivity contribution in [2.75, 3.05) is 13.2 Å². The van der Waals surface area contributed by atoms with Gasteiger partial charge in [0.2, 0.25) is 0 Å². The largest absolute Gasteiger partial charge is 0.465 e. The lowest BCUT2D eigenvalue weighted by atomic mass is 9.92. The van der Waals surface area contributed by atoms with E-state index in [2.05, 4.69) is 0 Å². The highest BCUT2D eigenvalue weighted by Crippen LogP contribution is 2.24. The van der Waals surface area contributed by atoms with E-state index in [1.807, 2.05) is 0 Å². The Bertz CT molecular complexity index is 443. The Kier molecular flexibility index (Phi) is 5.48. The van der Waals surface area contributed by atoms with E-state index in [0.29, 0.717) is 0 Å². The number of ketones is 1. The Morgan fingerprint density at radius 2 is 1.85 bits per heavy atom. The number of ether oxygens (including phenoxy) is 2. The van der Waals surface area contributed by atoms with E-state index in [-0.39, 0.29) is 36.0 Å². The predicted molar refractivity (Wildman–Crippen MR) is 65.6 cm³/mol. The number of Topliss-reactive ketones (excluding diaryl/α,β-unsaturated/α-hetero) is 1. The molecule has 0 aliphatic carbocycles. The second-order valence-electron chi connectivity index (χ2n) is 4.15. The van der Waals surface area contributed by atoms with Crippen molar-refractivity contribution in [3.8, 4) is 0 Å². The van der Waals surface area contributed by atoms with Crippen LogP contribution in [-0.4, -0.2) is 47.7 Å². The first-order chi connectivity index (χ1) is 9.42. The molecule has 0 aromatic rings. The summed E-state index contributed by atoms with van der Waals surface area (Å²) in [7, 11) is 0. The molecule has 0 aromatic heterocycles. The summed E-state index contributed by atoms with van der Waals surface area (Å²) in [6, 6.07) is 0. The Hall–Kier alpha value is -2.12. The number of hydrogen-bond acceptors (Lipinski definition) is 7. The van der Waals surface area contributed by atoms with Crippen molar-refractivity contribution >= 4 is 23.4 Å². The SMILES string of the molecule is CCOC(=O)C1=[N+]([O-])O[C@H](C(=O)OCC)[C@H]1CC(C)=O. The average molecular weight is 287 g/mol. The van der Waals surface area contributed by atoms with Crippen LogP contribution in [0.15, 0.2) is 0 Å². The molecule has 0 saturated carbocycles. The highest BCUT2D eigenvalue weighted by atomic mass is 16.9. The van der Waals surface area contributed by atoms with Gasteiger partial charge in [-0.15, -0.1) is 0 Å². The second-order valence-corrected chi connectivity index (χ2v) is 4.15. The molecule has 0 bridgehead atoms. The first kappa shape index (κ1) is 15.9. The first-order valence-corrected chi connectivity index (χ1v) is 6.26. The molecule has 20 heavy (non-hydrogen) atoms. The Labute approximate surface area is 115 Å². The maximum Gasteiger partial charge on any atom is 0.405 e. The molecule has 0 N–H and O–H groups in total. The van der Waals surface area contributed by atoms with Gasteiger partial charge < -0.3 is 19.1 Å². The minimum Gasteiger partial charge on any atom is -0.465 e. The van der Waals surface area contributed by atoms with Gasteiger partial charge in [-0.25, -0.2) is 4.79 Å². The molecule has 0 aromatic carbocycles. The van der Waals surface area contributed by atoms with Gasteiger partial charge in [-0.05, 0) is 20.8 Å². The van der Waals surface area contributed by atoms with Gasteiger partial charge in [0, 0.05) is 6.42 Å². The lowest BCUT2D eigenvalue weighted by Crippen LogP contribution is -2.37. The third-order valence-electron chi connectivity index (χ3n) is 2.63. The minimum atomic E-state index is -1.31. The van der Waals surface area contributed by atoms with Crippen molar-refractivity contribution in [3.05, 3.63) is 5.21 Å². The second kappa shape index (κ2) is 6.88. The summed E-state index contributed by atoms with van der Waals surface area (Å²) in [5.74, 6) is -2.98. The highest BCUT2D eigenvalue weighted by molar-refractivity contribution is 6.36. The lowest BCUT2D eigenvalue weighted by molar-refractivity contribution is -0.737. The van der Waals surface area contributed by atoms with E-state index in [0.717, 1.165) is 0 Å². The van der Waals surface area contributed by atoms with Crippen LogP contribution in [0.1, 0.15) is 27.2 Å². The highest BCUT2D eigenvalue weighted by Gasteiger charge is 2.49. The molecule has 1 rings (SSSR count). The zero-order chi connectivity index (χ0) is 15.3. The van der Waals surface area contributed by atoms with E-state index >= 15 is 0 Å². The molecule has 1 aliphatic rings. The fourth-order valence-electron chi connectivity index (χ4n) is 1.89. The third-order valence-corrected chi connectivity index (χ3v) is 2.63. The van der Waals surface area contributed by atoms with Crippen LogP contribution < -0.4 is 0 Å². The van der Waals surface area contributed by atoms with Crippen molar-refractivity contribution in [2.45, 2.75) is 33.3 Å². The van der Waals surface area contributed by atoms with Gasteiger partial charge >= 0.3 is 17.7 Å². The van der Waals surface area contributed by atoms with Crippen LogP contribution in [0, 0.1) is 11.1 Å². The molecule has 0 spiro atoms. The summed E-state index contributed by atoms with van der Waals surface area (Å²) in [5.41, 5.74) is -0.389. The number of esters is 2. The van der Waals surface area contributed by atoms with Crippen LogP contribution in [0.2, 0.25) is 0 Å². The van der Waals surface area contributed by atoms with Crippen molar-refractivity contribution in [1.29, 1.82) is 0 Å². The van der Waals surface area contributed by atoms with Gasteiger partial charge in [0.1, 0.15) is 5.78 Å². The van der Waals surface area contributed by atoms with E-state index in [1.54, 1.807) is 13.8 Å².